The largest absolute Gasteiger partial charge is 0.416 e. The fraction of sp³-hybridized carbons (Fsp3) is 0.0769. The van der Waals surface area contributed by atoms with E-state index in [2.05, 4.69) is 4.98 Å². The molecule has 0 saturated carbocycles. The minimum Gasteiger partial charge on any atom is -0.366 e. The van der Waals surface area contributed by atoms with Crippen LogP contribution in [-0.2, 0) is 6.18 Å². The smallest absolute Gasteiger partial charge is 0.366 e. The highest BCUT2D eigenvalue weighted by Crippen LogP contribution is 2.31. The molecule has 0 unspecified atom stereocenters. The molecule has 0 aliphatic heterocycles. The predicted octanol–water partition coefficient (Wildman–Crippen LogP) is 2.87. The summed E-state index contributed by atoms with van der Waals surface area (Å²) < 4.78 is 37.7. The van der Waals surface area contributed by atoms with E-state index in [0.717, 1.165) is 18.3 Å². The molecule has 0 saturated heterocycles. The number of hydrogen-bond acceptors (Lipinski definition) is 2. The molecule has 1 amide bonds. The van der Waals surface area contributed by atoms with Crippen LogP contribution in [0.4, 0.5) is 13.2 Å². The first-order valence-corrected chi connectivity index (χ1v) is 5.31. The summed E-state index contributed by atoms with van der Waals surface area (Å²) >= 11 is 0. The molecule has 2 aromatic rings. The zero-order valence-electron chi connectivity index (χ0n) is 9.61. The standard InChI is InChI=1S/C13H9F3N2O/c14-13(15,16)10-5-6-18-11(7-10)8-1-3-9(4-2-8)12(17)19/h1-7H,(H2,17,19). The topological polar surface area (TPSA) is 56.0 Å². The van der Waals surface area contributed by atoms with Gasteiger partial charge in [-0.2, -0.15) is 13.2 Å². The van der Waals surface area contributed by atoms with Crippen molar-refractivity contribution in [3.05, 3.63) is 53.7 Å². The Hall–Kier alpha value is -2.37. The SMILES string of the molecule is NC(=O)c1ccc(-c2cc(C(F)(F)F)ccn2)cc1. The van der Waals surface area contributed by atoms with E-state index < -0.39 is 17.6 Å². The van der Waals surface area contributed by atoms with Gasteiger partial charge in [-0.1, -0.05) is 12.1 Å². The third-order valence-electron chi connectivity index (χ3n) is 2.55. The van der Waals surface area contributed by atoms with Gasteiger partial charge in [0.15, 0.2) is 0 Å². The van der Waals surface area contributed by atoms with Crippen molar-refractivity contribution in [3.8, 4) is 11.3 Å². The first-order chi connectivity index (χ1) is 8.88. The lowest BCUT2D eigenvalue weighted by molar-refractivity contribution is -0.137. The zero-order chi connectivity index (χ0) is 14.0. The van der Waals surface area contributed by atoms with Crippen LogP contribution in [0.25, 0.3) is 11.3 Å². The molecule has 0 aliphatic rings. The highest BCUT2D eigenvalue weighted by atomic mass is 19.4. The van der Waals surface area contributed by atoms with Crippen LogP contribution in [0, 0.1) is 0 Å². The Kier molecular flexibility index (Phi) is 3.25. The van der Waals surface area contributed by atoms with Crippen LogP contribution in [-0.4, -0.2) is 10.9 Å². The maximum absolute atomic E-state index is 12.6. The van der Waals surface area contributed by atoms with E-state index in [1.807, 2.05) is 0 Å². The van der Waals surface area contributed by atoms with E-state index in [9.17, 15) is 18.0 Å². The lowest BCUT2D eigenvalue weighted by Gasteiger charge is -2.08. The van der Waals surface area contributed by atoms with E-state index >= 15 is 0 Å². The third kappa shape index (κ3) is 2.90. The number of nitrogens with zero attached hydrogens (tertiary/aromatic N) is 1. The molecule has 2 N–H and O–H groups in total. The van der Waals surface area contributed by atoms with Gasteiger partial charge in [-0.25, -0.2) is 0 Å². The van der Waals surface area contributed by atoms with Gasteiger partial charge in [-0.15, -0.1) is 0 Å². The molecule has 3 nitrogen and oxygen atoms in total. The summed E-state index contributed by atoms with van der Waals surface area (Å²) in [6.07, 6.45) is -3.31. The highest BCUT2D eigenvalue weighted by molar-refractivity contribution is 5.93. The van der Waals surface area contributed by atoms with Gasteiger partial charge >= 0.3 is 6.18 Å². The van der Waals surface area contributed by atoms with E-state index in [1.165, 1.54) is 24.3 Å². The van der Waals surface area contributed by atoms with Crippen LogP contribution in [0.5, 0.6) is 0 Å². The summed E-state index contributed by atoms with van der Waals surface area (Å²) in [5, 5.41) is 0. The molecule has 0 bridgehead atoms. The van der Waals surface area contributed by atoms with Crippen LogP contribution < -0.4 is 5.73 Å². The minimum absolute atomic E-state index is 0.186. The molecule has 1 aromatic carbocycles. The number of nitrogens with two attached hydrogens (primary N) is 1. The highest BCUT2D eigenvalue weighted by Gasteiger charge is 2.30. The number of aromatic nitrogens is 1. The average Bonchev–Trinajstić information content (AvgIpc) is 2.38. The number of alkyl halides is 3. The summed E-state index contributed by atoms with van der Waals surface area (Å²) in [5.74, 6) is -0.594. The van der Waals surface area contributed by atoms with Crippen LogP contribution in [0.1, 0.15) is 15.9 Å². The number of amides is 1. The summed E-state index contributed by atoms with van der Waals surface area (Å²) in [6, 6.07) is 7.75. The Balaban J connectivity index is 2.39. The molecule has 1 heterocycles. The number of carbonyl (C=O) groups is 1. The van der Waals surface area contributed by atoms with Crippen LogP contribution in [0.2, 0.25) is 0 Å². The van der Waals surface area contributed by atoms with E-state index in [4.69, 9.17) is 5.73 Å². The zero-order valence-corrected chi connectivity index (χ0v) is 9.61. The lowest BCUT2D eigenvalue weighted by Crippen LogP contribution is -2.10. The Morgan fingerprint density at radius 3 is 2.26 bits per heavy atom. The number of halogens is 3. The Bertz CT molecular complexity index is 606. The number of hydrogen-bond donors (Lipinski definition) is 1. The molecule has 19 heavy (non-hydrogen) atoms. The van der Waals surface area contributed by atoms with Crippen molar-refractivity contribution in [1.82, 2.24) is 4.98 Å². The van der Waals surface area contributed by atoms with Gasteiger partial charge in [0.05, 0.1) is 11.3 Å². The monoisotopic (exact) mass is 266 g/mol. The van der Waals surface area contributed by atoms with Gasteiger partial charge in [0.2, 0.25) is 5.91 Å². The van der Waals surface area contributed by atoms with Crippen LogP contribution >= 0.6 is 0 Å². The van der Waals surface area contributed by atoms with Crippen LogP contribution in [0.3, 0.4) is 0 Å². The molecule has 98 valence electrons. The second-order valence-electron chi connectivity index (χ2n) is 3.87. The molecule has 0 atom stereocenters. The fourth-order valence-corrected chi connectivity index (χ4v) is 1.57. The molecular formula is C13H9F3N2O. The normalized spacial score (nSPS) is 11.3. The minimum atomic E-state index is -4.41. The maximum Gasteiger partial charge on any atom is 0.416 e. The van der Waals surface area contributed by atoms with Crippen molar-refractivity contribution >= 4 is 5.91 Å². The molecule has 0 spiro atoms. The molecule has 2 rings (SSSR count). The molecule has 6 heteroatoms. The third-order valence-corrected chi connectivity index (χ3v) is 2.55. The number of benzene rings is 1. The Morgan fingerprint density at radius 1 is 1.11 bits per heavy atom. The van der Waals surface area contributed by atoms with Crippen molar-refractivity contribution in [2.45, 2.75) is 6.18 Å². The van der Waals surface area contributed by atoms with E-state index in [-0.39, 0.29) is 11.3 Å². The molecule has 0 radical (unpaired) electrons. The quantitative estimate of drug-likeness (QED) is 0.908. The second-order valence-corrected chi connectivity index (χ2v) is 3.87. The van der Waals surface area contributed by atoms with Gasteiger partial charge in [0.25, 0.3) is 0 Å². The number of pyridine rings is 1. The lowest BCUT2D eigenvalue weighted by atomic mass is 10.1. The molecule has 0 aliphatic carbocycles. The van der Waals surface area contributed by atoms with Gasteiger partial charge in [-0.05, 0) is 24.3 Å². The number of primary amides is 1. The predicted molar refractivity (Wildman–Crippen MR) is 63.2 cm³/mol. The maximum atomic E-state index is 12.6. The van der Waals surface area contributed by atoms with Crippen molar-refractivity contribution < 1.29 is 18.0 Å². The summed E-state index contributed by atoms with van der Waals surface area (Å²) in [6.45, 7) is 0. The molecule has 1 aromatic heterocycles. The van der Waals surface area contributed by atoms with Gasteiger partial charge in [0.1, 0.15) is 0 Å². The van der Waals surface area contributed by atoms with Crippen molar-refractivity contribution in [1.29, 1.82) is 0 Å². The average molecular weight is 266 g/mol. The van der Waals surface area contributed by atoms with Gasteiger partial charge in [-0.3, -0.25) is 9.78 Å². The number of rotatable bonds is 2. The second kappa shape index (κ2) is 4.72. The summed E-state index contributed by atoms with van der Waals surface area (Å²) in [4.78, 5) is 14.8. The van der Waals surface area contributed by atoms with Gasteiger partial charge < -0.3 is 5.73 Å². The van der Waals surface area contributed by atoms with Crippen molar-refractivity contribution in [2.24, 2.45) is 5.73 Å². The molecular weight excluding hydrogens is 257 g/mol. The summed E-state index contributed by atoms with van der Waals surface area (Å²) in [7, 11) is 0. The van der Waals surface area contributed by atoms with E-state index in [1.54, 1.807) is 0 Å². The van der Waals surface area contributed by atoms with Gasteiger partial charge in [0, 0.05) is 17.3 Å². The fourth-order valence-electron chi connectivity index (χ4n) is 1.57. The first kappa shape index (κ1) is 13.1. The van der Waals surface area contributed by atoms with Crippen molar-refractivity contribution in [2.75, 3.05) is 0 Å². The first-order valence-electron chi connectivity index (χ1n) is 5.31. The Morgan fingerprint density at radius 2 is 1.74 bits per heavy atom. The Labute approximate surface area is 106 Å². The van der Waals surface area contributed by atoms with Crippen LogP contribution in [0.15, 0.2) is 42.6 Å². The van der Waals surface area contributed by atoms with Crippen molar-refractivity contribution in [3.63, 3.8) is 0 Å². The van der Waals surface area contributed by atoms with E-state index in [0.29, 0.717) is 5.56 Å². The number of carbonyl (C=O) groups excluding carboxylic acids is 1. The molecule has 0 fully saturated rings. The summed E-state index contributed by atoms with van der Waals surface area (Å²) in [5.41, 5.74) is 5.27.